The maximum Gasteiger partial charge on any atom is 0.313 e. The second kappa shape index (κ2) is 9.52. The molecule has 0 amide bonds. The van der Waals surface area contributed by atoms with Crippen LogP contribution in [0.4, 0.5) is 8.78 Å². The van der Waals surface area contributed by atoms with Gasteiger partial charge >= 0.3 is 11.9 Å². The van der Waals surface area contributed by atoms with Gasteiger partial charge in [0.15, 0.2) is 6.61 Å². The number of halogens is 2. The van der Waals surface area contributed by atoms with Gasteiger partial charge in [-0.2, -0.15) is 0 Å². The van der Waals surface area contributed by atoms with Crippen molar-refractivity contribution in [3.05, 3.63) is 47.7 Å². The molecule has 1 atom stereocenters. The second-order valence-electron chi connectivity index (χ2n) is 9.05. The Morgan fingerprint density at radius 2 is 1.91 bits per heavy atom. The summed E-state index contributed by atoms with van der Waals surface area (Å²) >= 11 is 0. The van der Waals surface area contributed by atoms with Crippen LogP contribution in [0.1, 0.15) is 55.5 Å². The normalized spacial score (nSPS) is 16.4. The van der Waals surface area contributed by atoms with E-state index in [9.17, 15) is 28.3 Å². The summed E-state index contributed by atoms with van der Waals surface area (Å²) < 4.78 is 40.0. The van der Waals surface area contributed by atoms with Crippen molar-refractivity contribution in [3.63, 3.8) is 0 Å². The van der Waals surface area contributed by atoms with Gasteiger partial charge in [-0.25, -0.2) is 13.5 Å². The Morgan fingerprint density at radius 1 is 1.21 bits per heavy atom. The molecule has 3 rings (SSSR count). The first-order valence-corrected chi connectivity index (χ1v) is 10.9. The number of nitrogens with zero attached hydrogens (tertiary/aromatic N) is 2. The number of alkyl halides is 2. The van der Waals surface area contributed by atoms with Crippen LogP contribution < -0.4 is 4.74 Å². The molecule has 8 nitrogen and oxygen atoms in total. The summed E-state index contributed by atoms with van der Waals surface area (Å²) in [6, 6.07) is 8.02. The van der Waals surface area contributed by atoms with Crippen LogP contribution in [-0.4, -0.2) is 52.4 Å². The van der Waals surface area contributed by atoms with E-state index in [-0.39, 0.29) is 24.2 Å². The smallest absolute Gasteiger partial charge is 0.313 e. The summed E-state index contributed by atoms with van der Waals surface area (Å²) in [5.74, 6) is -5.36. The maximum absolute atomic E-state index is 14.6. The van der Waals surface area contributed by atoms with Gasteiger partial charge in [0, 0.05) is 25.6 Å². The van der Waals surface area contributed by atoms with Crippen molar-refractivity contribution >= 4 is 17.8 Å². The van der Waals surface area contributed by atoms with E-state index in [1.165, 1.54) is 33.2 Å². The summed E-state index contributed by atoms with van der Waals surface area (Å²) in [6.45, 7) is 1.68. The quantitative estimate of drug-likeness (QED) is 0.489. The van der Waals surface area contributed by atoms with Gasteiger partial charge in [0.05, 0.1) is 17.9 Å². The Balaban J connectivity index is 1.69. The molecule has 1 aromatic heterocycles. The largest absolute Gasteiger partial charge is 0.481 e. The number of carboxylic acid groups (broad SMARTS) is 1. The van der Waals surface area contributed by atoms with E-state index >= 15 is 0 Å². The van der Waals surface area contributed by atoms with Gasteiger partial charge in [-0.3, -0.25) is 14.4 Å². The highest BCUT2D eigenvalue weighted by Gasteiger charge is 2.51. The van der Waals surface area contributed by atoms with E-state index in [0.717, 1.165) is 10.2 Å². The third kappa shape index (κ3) is 5.60. The van der Waals surface area contributed by atoms with Crippen LogP contribution in [0.3, 0.4) is 0 Å². The minimum atomic E-state index is -3.32. The number of hydrogen-bond donors (Lipinski definition) is 1. The SMILES string of the molecule is COC(=O)C1(Cc2cccc(C(C)(CCC(F)(F)COc3ccn(C(C)=O)n3)C(=O)O)c2)CC1. The van der Waals surface area contributed by atoms with Crippen molar-refractivity contribution in [1.82, 2.24) is 9.78 Å². The summed E-state index contributed by atoms with van der Waals surface area (Å²) in [6.07, 6.45) is 2.01. The third-order valence-corrected chi connectivity index (χ3v) is 6.36. The van der Waals surface area contributed by atoms with Gasteiger partial charge in [0.25, 0.3) is 5.92 Å². The molecule has 1 N–H and O–H groups in total. The number of rotatable bonds is 11. The first-order chi connectivity index (χ1) is 15.9. The first-order valence-electron chi connectivity index (χ1n) is 10.9. The number of carbonyl (C=O) groups is 3. The third-order valence-electron chi connectivity index (χ3n) is 6.36. The number of aromatic nitrogens is 2. The van der Waals surface area contributed by atoms with E-state index in [2.05, 4.69) is 5.10 Å². The lowest BCUT2D eigenvalue weighted by molar-refractivity contribution is -0.147. The second-order valence-corrected chi connectivity index (χ2v) is 9.05. The number of carbonyl (C=O) groups excluding carboxylic acids is 2. The molecule has 0 spiro atoms. The van der Waals surface area contributed by atoms with Gasteiger partial charge in [-0.15, -0.1) is 5.10 Å². The molecule has 0 saturated heterocycles. The fourth-order valence-corrected chi connectivity index (χ4v) is 3.85. The van der Waals surface area contributed by atoms with Gasteiger partial charge < -0.3 is 14.6 Å². The van der Waals surface area contributed by atoms with Crippen LogP contribution in [0.2, 0.25) is 0 Å². The van der Waals surface area contributed by atoms with Gasteiger partial charge in [-0.1, -0.05) is 24.3 Å². The molecule has 0 radical (unpaired) electrons. The highest BCUT2D eigenvalue weighted by molar-refractivity contribution is 5.81. The predicted molar refractivity (Wildman–Crippen MR) is 117 cm³/mol. The lowest BCUT2D eigenvalue weighted by Crippen LogP contribution is -2.36. The van der Waals surface area contributed by atoms with E-state index < -0.39 is 35.7 Å². The van der Waals surface area contributed by atoms with Crippen LogP contribution >= 0.6 is 0 Å². The molecule has 1 fully saturated rings. The molecule has 34 heavy (non-hydrogen) atoms. The molecule has 1 aliphatic carbocycles. The van der Waals surface area contributed by atoms with Crippen molar-refractivity contribution in [2.45, 2.75) is 57.3 Å². The number of aliphatic carboxylic acids is 1. The molecule has 0 bridgehead atoms. The zero-order valence-corrected chi connectivity index (χ0v) is 19.3. The molecule has 1 heterocycles. The number of esters is 1. The zero-order chi connectivity index (χ0) is 25.1. The highest BCUT2D eigenvalue weighted by atomic mass is 19.3. The van der Waals surface area contributed by atoms with Crippen molar-refractivity contribution in [2.75, 3.05) is 13.7 Å². The minimum Gasteiger partial charge on any atom is -0.481 e. The molecule has 1 unspecified atom stereocenters. The Bertz CT molecular complexity index is 1080. The molecule has 10 heteroatoms. The zero-order valence-electron chi connectivity index (χ0n) is 19.3. The van der Waals surface area contributed by atoms with Crippen LogP contribution in [0.15, 0.2) is 36.5 Å². The lowest BCUT2D eigenvalue weighted by Gasteiger charge is -2.28. The summed E-state index contributed by atoms with van der Waals surface area (Å²) in [7, 11) is 1.33. The fourth-order valence-electron chi connectivity index (χ4n) is 3.85. The molecule has 2 aromatic rings. The maximum atomic E-state index is 14.6. The number of benzene rings is 1. The lowest BCUT2D eigenvalue weighted by atomic mass is 9.77. The standard InChI is InChI=1S/C24H28F2N2O6/c1-16(29)28-12-7-19(27-28)34-15-24(25,26)11-8-22(2,20(30)31)18-6-4-5-17(13-18)14-23(9-10-23)21(32)33-3/h4-7,12-13H,8-11,14-15H2,1-3H3,(H,30,31). The van der Waals surface area contributed by atoms with Crippen molar-refractivity contribution in [3.8, 4) is 5.88 Å². The Hall–Kier alpha value is -3.30. The molecule has 1 aliphatic rings. The molecule has 1 saturated carbocycles. The fraction of sp³-hybridized carbons (Fsp3) is 0.500. The van der Waals surface area contributed by atoms with E-state index in [1.54, 1.807) is 24.3 Å². The predicted octanol–water partition coefficient (Wildman–Crippen LogP) is 3.88. The van der Waals surface area contributed by atoms with Crippen molar-refractivity contribution in [1.29, 1.82) is 0 Å². The number of carboxylic acids is 1. The van der Waals surface area contributed by atoms with Gasteiger partial charge in [-0.05, 0) is 43.7 Å². The Morgan fingerprint density at radius 3 is 2.47 bits per heavy atom. The van der Waals surface area contributed by atoms with Gasteiger partial charge in [0.1, 0.15) is 0 Å². The average Bonchev–Trinajstić information content (AvgIpc) is 3.40. The number of ether oxygens (including phenoxy) is 2. The topological polar surface area (TPSA) is 108 Å². The van der Waals surface area contributed by atoms with E-state index in [4.69, 9.17) is 9.47 Å². The average molecular weight is 478 g/mol. The Kier molecular flexibility index (Phi) is 7.09. The van der Waals surface area contributed by atoms with Crippen LogP contribution in [0.25, 0.3) is 0 Å². The van der Waals surface area contributed by atoms with Crippen LogP contribution in [-0.2, 0) is 26.2 Å². The first kappa shape index (κ1) is 25.3. The van der Waals surface area contributed by atoms with Crippen molar-refractivity contribution < 1.29 is 37.7 Å². The highest BCUT2D eigenvalue weighted by Crippen LogP contribution is 2.49. The summed E-state index contributed by atoms with van der Waals surface area (Å²) in [5, 5.41) is 13.7. The van der Waals surface area contributed by atoms with Crippen molar-refractivity contribution in [2.24, 2.45) is 5.41 Å². The number of hydrogen-bond acceptors (Lipinski definition) is 6. The Labute approximate surface area is 195 Å². The summed E-state index contributed by atoms with van der Waals surface area (Å²) in [4.78, 5) is 35.5. The monoisotopic (exact) mass is 478 g/mol. The van der Waals surface area contributed by atoms with Crippen LogP contribution in [0, 0.1) is 5.41 Å². The summed E-state index contributed by atoms with van der Waals surface area (Å²) in [5.41, 5.74) is -1.02. The van der Waals surface area contributed by atoms with Crippen LogP contribution in [0.5, 0.6) is 5.88 Å². The molecule has 1 aromatic carbocycles. The van der Waals surface area contributed by atoms with Gasteiger partial charge in [0.2, 0.25) is 11.8 Å². The van der Waals surface area contributed by atoms with E-state index in [1.807, 2.05) is 0 Å². The van der Waals surface area contributed by atoms with E-state index in [0.29, 0.717) is 24.8 Å². The molecular formula is C24H28F2N2O6. The molecule has 0 aliphatic heterocycles. The minimum absolute atomic E-state index is 0.122. The molecule has 184 valence electrons. The number of methoxy groups -OCH3 is 1. The molecular weight excluding hydrogens is 450 g/mol.